The molecule has 3 aromatic rings. The number of aryl methyl sites for hydroxylation is 1. The Labute approximate surface area is 128 Å². The van der Waals surface area contributed by atoms with Crippen molar-refractivity contribution in [2.24, 2.45) is 0 Å². The third-order valence-electron chi connectivity index (χ3n) is 3.61. The van der Waals surface area contributed by atoms with Crippen molar-refractivity contribution in [1.82, 2.24) is 15.4 Å². The summed E-state index contributed by atoms with van der Waals surface area (Å²) < 4.78 is 0. The summed E-state index contributed by atoms with van der Waals surface area (Å²) in [4.78, 5) is 12.3. The minimum atomic E-state index is -0.147. The maximum absolute atomic E-state index is 12.3. The molecular weight excluding hydrogens is 276 g/mol. The average Bonchev–Trinajstić information content (AvgIpc) is 3.01. The number of hydrogen-bond donors (Lipinski definition) is 2. The zero-order valence-corrected chi connectivity index (χ0v) is 12.5. The highest BCUT2D eigenvalue weighted by atomic mass is 16.1. The molecule has 0 bridgehead atoms. The smallest absolute Gasteiger partial charge is 0.255 e. The van der Waals surface area contributed by atoms with Crippen LogP contribution in [0.15, 0.2) is 42.5 Å². The van der Waals surface area contributed by atoms with Gasteiger partial charge in [0, 0.05) is 11.3 Å². The van der Waals surface area contributed by atoms with Gasteiger partial charge in [0.2, 0.25) is 0 Å². The van der Waals surface area contributed by atoms with Gasteiger partial charge in [0.05, 0.1) is 0 Å². The number of aromatic amines is 1. The van der Waals surface area contributed by atoms with E-state index in [1.165, 1.54) is 18.4 Å². The van der Waals surface area contributed by atoms with Gasteiger partial charge in [-0.15, -0.1) is 0 Å². The summed E-state index contributed by atoms with van der Waals surface area (Å²) in [5, 5.41) is 13.4. The van der Waals surface area contributed by atoms with Crippen molar-refractivity contribution in [2.45, 2.75) is 26.2 Å². The Kier molecular flexibility index (Phi) is 4.14. The lowest BCUT2D eigenvalue weighted by Gasteiger charge is -2.06. The lowest BCUT2D eigenvalue weighted by atomic mass is 10.1. The van der Waals surface area contributed by atoms with Gasteiger partial charge in [-0.25, -0.2) is 0 Å². The summed E-state index contributed by atoms with van der Waals surface area (Å²) in [7, 11) is 0. The summed E-state index contributed by atoms with van der Waals surface area (Å²) >= 11 is 0. The van der Waals surface area contributed by atoms with Gasteiger partial charge in [0.1, 0.15) is 11.0 Å². The number of benzene rings is 2. The summed E-state index contributed by atoms with van der Waals surface area (Å²) in [6.45, 7) is 2.18. The first-order chi connectivity index (χ1) is 10.8. The molecule has 2 N–H and O–H groups in total. The largest absolute Gasteiger partial charge is 0.322 e. The Hall–Kier alpha value is -2.69. The fourth-order valence-electron chi connectivity index (χ4n) is 2.32. The van der Waals surface area contributed by atoms with Gasteiger partial charge in [0.15, 0.2) is 0 Å². The normalized spacial score (nSPS) is 10.8. The van der Waals surface area contributed by atoms with Crippen LogP contribution in [0.5, 0.6) is 0 Å². The van der Waals surface area contributed by atoms with Gasteiger partial charge in [-0.2, -0.15) is 15.4 Å². The van der Waals surface area contributed by atoms with Crippen LogP contribution in [0.1, 0.15) is 35.7 Å². The number of anilines is 1. The van der Waals surface area contributed by atoms with Crippen molar-refractivity contribution < 1.29 is 4.79 Å². The Balaban J connectivity index is 1.70. The van der Waals surface area contributed by atoms with Crippen LogP contribution in [0.2, 0.25) is 0 Å². The fraction of sp³-hybridized carbons (Fsp3) is 0.235. The molecule has 3 rings (SSSR count). The van der Waals surface area contributed by atoms with Crippen LogP contribution in [0.25, 0.3) is 11.0 Å². The summed E-state index contributed by atoms with van der Waals surface area (Å²) in [6, 6.07) is 13.3. The van der Waals surface area contributed by atoms with Crippen LogP contribution >= 0.6 is 0 Å². The highest BCUT2D eigenvalue weighted by Gasteiger charge is 2.08. The molecule has 0 unspecified atom stereocenters. The molecule has 0 spiro atoms. The Morgan fingerprint density at radius 2 is 1.86 bits per heavy atom. The Bertz CT molecular complexity index is 777. The molecule has 0 saturated heterocycles. The summed E-state index contributed by atoms with van der Waals surface area (Å²) in [5.74, 6) is -0.147. The predicted molar refractivity (Wildman–Crippen MR) is 86.9 cm³/mol. The zero-order valence-electron chi connectivity index (χ0n) is 12.5. The van der Waals surface area contributed by atoms with Crippen LogP contribution in [0, 0.1) is 0 Å². The minimum absolute atomic E-state index is 0.147. The Morgan fingerprint density at radius 1 is 1.09 bits per heavy atom. The van der Waals surface area contributed by atoms with Crippen LogP contribution in [-0.2, 0) is 6.42 Å². The first-order valence-electron chi connectivity index (χ1n) is 7.47. The van der Waals surface area contributed by atoms with Crippen molar-refractivity contribution in [1.29, 1.82) is 0 Å². The first-order valence-corrected chi connectivity index (χ1v) is 7.47. The number of rotatable bonds is 5. The fourth-order valence-corrected chi connectivity index (χ4v) is 2.32. The van der Waals surface area contributed by atoms with E-state index in [-0.39, 0.29) is 5.91 Å². The van der Waals surface area contributed by atoms with E-state index < -0.39 is 0 Å². The highest BCUT2D eigenvalue weighted by Crippen LogP contribution is 2.15. The highest BCUT2D eigenvalue weighted by molar-refractivity contribution is 6.05. The second kappa shape index (κ2) is 6.39. The SMILES string of the molecule is CCCCc1ccc(NC(=O)c2ccc3n[nH]nc3c2)cc1. The molecule has 112 valence electrons. The Morgan fingerprint density at radius 3 is 2.64 bits per heavy atom. The van der Waals surface area contributed by atoms with Gasteiger partial charge < -0.3 is 5.32 Å². The molecule has 2 aromatic carbocycles. The van der Waals surface area contributed by atoms with E-state index in [4.69, 9.17) is 0 Å². The zero-order chi connectivity index (χ0) is 15.4. The van der Waals surface area contributed by atoms with Crippen LogP contribution < -0.4 is 5.32 Å². The lowest BCUT2D eigenvalue weighted by Crippen LogP contribution is -2.11. The monoisotopic (exact) mass is 294 g/mol. The number of carbonyl (C=O) groups excluding carboxylic acids is 1. The number of H-pyrrole nitrogens is 1. The van der Waals surface area contributed by atoms with Crippen molar-refractivity contribution in [3.05, 3.63) is 53.6 Å². The summed E-state index contributed by atoms with van der Waals surface area (Å²) in [6.07, 6.45) is 3.44. The van der Waals surface area contributed by atoms with E-state index in [0.29, 0.717) is 11.1 Å². The van der Waals surface area contributed by atoms with Crippen LogP contribution in [0.4, 0.5) is 5.69 Å². The standard InChI is InChI=1S/C17H18N4O/c1-2-3-4-12-5-8-14(9-6-12)18-17(22)13-7-10-15-16(11-13)20-21-19-15/h5-11H,2-4H2,1H3,(H,18,22)(H,19,20,21). The van der Waals surface area contributed by atoms with Gasteiger partial charge in [-0.05, 0) is 48.7 Å². The van der Waals surface area contributed by atoms with Gasteiger partial charge in [-0.1, -0.05) is 25.5 Å². The molecule has 22 heavy (non-hydrogen) atoms. The third-order valence-corrected chi connectivity index (χ3v) is 3.61. The average molecular weight is 294 g/mol. The number of fused-ring (bicyclic) bond motifs is 1. The van der Waals surface area contributed by atoms with Crippen molar-refractivity contribution in [3.8, 4) is 0 Å². The number of aromatic nitrogens is 3. The number of amides is 1. The number of nitrogens with one attached hydrogen (secondary N) is 2. The molecule has 0 atom stereocenters. The third kappa shape index (κ3) is 3.14. The molecule has 0 aliphatic rings. The van der Waals surface area contributed by atoms with Crippen LogP contribution in [0.3, 0.4) is 0 Å². The van der Waals surface area contributed by atoms with E-state index >= 15 is 0 Å². The molecule has 1 heterocycles. The van der Waals surface area contributed by atoms with E-state index in [0.717, 1.165) is 17.6 Å². The number of nitrogens with zero attached hydrogens (tertiary/aromatic N) is 2. The number of hydrogen-bond acceptors (Lipinski definition) is 3. The van der Waals surface area contributed by atoms with Gasteiger partial charge in [-0.3, -0.25) is 4.79 Å². The molecule has 1 amide bonds. The molecule has 0 aliphatic heterocycles. The van der Waals surface area contributed by atoms with Gasteiger partial charge in [0.25, 0.3) is 5.91 Å². The minimum Gasteiger partial charge on any atom is -0.322 e. The number of carbonyl (C=O) groups is 1. The molecule has 0 radical (unpaired) electrons. The molecule has 0 fully saturated rings. The molecule has 1 aromatic heterocycles. The molecular formula is C17H18N4O. The van der Waals surface area contributed by atoms with Crippen LogP contribution in [-0.4, -0.2) is 21.3 Å². The van der Waals surface area contributed by atoms with Crippen molar-refractivity contribution >= 4 is 22.6 Å². The van der Waals surface area contributed by atoms with Crippen molar-refractivity contribution in [3.63, 3.8) is 0 Å². The number of unbranched alkanes of at least 4 members (excludes halogenated alkanes) is 1. The lowest BCUT2D eigenvalue weighted by molar-refractivity contribution is 0.102. The maximum atomic E-state index is 12.3. The second-order valence-electron chi connectivity index (χ2n) is 5.28. The second-order valence-corrected chi connectivity index (χ2v) is 5.28. The van der Waals surface area contributed by atoms with E-state index in [2.05, 4.69) is 39.8 Å². The van der Waals surface area contributed by atoms with Crippen molar-refractivity contribution in [2.75, 3.05) is 5.32 Å². The molecule has 0 aliphatic carbocycles. The molecule has 5 nitrogen and oxygen atoms in total. The van der Waals surface area contributed by atoms with Gasteiger partial charge >= 0.3 is 0 Å². The van der Waals surface area contributed by atoms with E-state index in [1.807, 2.05) is 12.1 Å². The molecule has 5 heteroatoms. The molecule has 0 saturated carbocycles. The van der Waals surface area contributed by atoms with E-state index in [1.54, 1.807) is 18.2 Å². The first kappa shape index (κ1) is 14.3. The quantitative estimate of drug-likeness (QED) is 0.756. The summed E-state index contributed by atoms with van der Waals surface area (Å²) in [5.41, 5.74) is 4.09. The predicted octanol–water partition coefficient (Wildman–Crippen LogP) is 3.55. The van der Waals surface area contributed by atoms with E-state index in [9.17, 15) is 4.79 Å². The maximum Gasteiger partial charge on any atom is 0.255 e. The topological polar surface area (TPSA) is 70.7 Å².